The first-order valence-electron chi connectivity index (χ1n) is 12.4. The first-order valence-corrected chi connectivity index (χ1v) is 14.2. The number of anilines is 1. The molecule has 2 atom stereocenters. The third kappa shape index (κ3) is 7.22. The summed E-state index contributed by atoms with van der Waals surface area (Å²) in [6.45, 7) is 3.03. The summed E-state index contributed by atoms with van der Waals surface area (Å²) < 4.78 is 10.4. The second-order valence-electron chi connectivity index (χ2n) is 8.92. The Morgan fingerprint density at radius 1 is 1.17 bits per heavy atom. The van der Waals surface area contributed by atoms with Crippen molar-refractivity contribution in [1.82, 2.24) is 5.48 Å². The van der Waals surface area contributed by atoms with Crippen LogP contribution in [0.4, 0.5) is 10.5 Å². The number of amides is 2. The quantitative estimate of drug-likeness (QED) is 0.371. The van der Waals surface area contributed by atoms with E-state index in [-0.39, 0.29) is 16.9 Å². The number of hydrogen-bond acceptors (Lipinski definition) is 7. The van der Waals surface area contributed by atoms with E-state index in [1.165, 1.54) is 11.3 Å². The summed E-state index contributed by atoms with van der Waals surface area (Å²) in [5.41, 5.74) is 4.37. The first-order chi connectivity index (χ1) is 17.1. The molecule has 2 aromatic rings. The molecule has 3 heterocycles. The second kappa shape index (κ2) is 12.8. The lowest BCUT2D eigenvalue weighted by Gasteiger charge is -2.35. The maximum atomic E-state index is 12.9. The smallest absolute Gasteiger partial charge is 0.411 e. The van der Waals surface area contributed by atoms with Crippen molar-refractivity contribution in [3.8, 4) is 10.4 Å². The molecule has 190 valence electrons. The zero-order valence-electron chi connectivity index (χ0n) is 20.2. The maximum absolute atomic E-state index is 12.9. The summed E-state index contributed by atoms with van der Waals surface area (Å²) in [4.78, 5) is 32.7. The highest BCUT2D eigenvalue weighted by Gasteiger charge is 2.38. The van der Waals surface area contributed by atoms with Gasteiger partial charge in [-0.3, -0.25) is 10.1 Å². The fourth-order valence-corrected chi connectivity index (χ4v) is 7.23. The number of benzene rings is 1. The molecule has 2 N–H and O–H groups in total. The van der Waals surface area contributed by atoms with Crippen molar-refractivity contribution in [2.75, 3.05) is 24.3 Å². The Morgan fingerprint density at radius 3 is 2.86 bits per heavy atom. The minimum absolute atomic E-state index is 0.111. The van der Waals surface area contributed by atoms with Crippen molar-refractivity contribution < 1.29 is 23.9 Å². The van der Waals surface area contributed by atoms with E-state index in [1.807, 2.05) is 43.0 Å². The van der Waals surface area contributed by atoms with Crippen molar-refractivity contribution in [3.63, 3.8) is 0 Å². The Labute approximate surface area is 215 Å². The van der Waals surface area contributed by atoms with Crippen LogP contribution < -0.4 is 10.8 Å². The largest absolute Gasteiger partial charge is 0.449 e. The first kappa shape index (κ1) is 26.0. The average molecular weight is 519 g/mol. The summed E-state index contributed by atoms with van der Waals surface area (Å²) >= 11 is 3.58. The lowest BCUT2D eigenvalue weighted by atomic mass is 9.94. The van der Waals surface area contributed by atoms with Crippen LogP contribution in [0.15, 0.2) is 36.4 Å². The van der Waals surface area contributed by atoms with Crippen molar-refractivity contribution >= 4 is 40.8 Å². The average Bonchev–Trinajstić information content (AvgIpc) is 3.39. The standard InChI is InChI=1S/C26H34N2O5S2/c1-2-14-32-25(30)27-20-9-7-8-19(17-20)21-11-12-22(35-21)26(13-4-6-16-34-26)18-23(29)28-33-24-10-3-5-15-31-24/h7-9,11-12,17,24H,2-6,10,13-16,18H2,1H3,(H,27,30)(H,28,29)/t24?,26-/m0/s1. The van der Waals surface area contributed by atoms with E-state index in [0.717, 1.165) is 54.7 Å². The van der Waals surface area contributed by atoms with Crippen molar-refractivity contribution in [1.29, 1.82) is 0 Å². The molecule has 4 rings (SSSR count). The molecule has 9 heteroatoms. The van der Waals surface area contributed by atoms with Gasteiger partial charge < -0.3 is 9.47 Å². The van der Waals surface area contributed by atoms with Gasteiger partial charge in [-0.05, 0) is 67.7 Å². The van der Waals surface area contributed by atoms with Crippen molar-refractivity contribution in [2.45, 2.75) is 69.3 Å². The third-order valence-electron chi connectivity index (χ3n) is 6.13. The molecule has 0 radical (unpaired) electrons. The van der Waals surface area contributed by atoms with Crippen LogP contribution in [0.2, 0.25) is 0 Å². The molecule has 2 amide bonds. The Balaban J connectivity index is 1.44. The molecule has 2 aliphatic heterocycles. The van der Waals surface area contributed by atoms with E-state index in [2.05, 4.69) is 22.9 Å². The molecule has 1 aromatic carbocycles. The highest BCUT2D eigenvalue weighted by Crippen LogP contribution is 2.51. The van der Waals surface area contributed by atoms with Gasteiger partial charge in [-0.15, -0.1) is 23.1 Å². The number of ether oxygens (including phenoxy) is 2. The lowest BCUT2D eigenvalue weighted by Crippen LogP contribution is -2.37. The number of rotatable bonds is 9. The molecule has 0 aliphatic carbocycles. The van der Waals surface area contributed by atoms with Crippen LogP contribution in [-0.2, 0) is 23.9 Å². The molecular formula is C26H34N2O5S2. The van der Waals surface area contributed by atoms with Gasteiger partial charge in [0.15, 0.2) is 6.29 Å². The van der Waals surface area contributed by atoms with Gasteiger partial charge in [-0.2, -0.15) is 0 Å². The SMILES string of the molecule is CCCOC(=O)Nc1cccc(-c2ccc([C@@]3(CC(=O)NOC4CCCCO4)CCCCS3)s2)c1. The van der Waals surface area contributed by atoms with Gasteiger partial charge in [-0.25, -0.2) is 15.1 Å². The molecule has 2 aliphatic rings. The normalized spacial score (nSPS) is 22.4. The Morgan fingerprint density at radius 2 is 2.09 bits per heavy atom. The number of hydrogen-bond donors (Lipinski definition) is 2. The fourth-order valence-electron chi connectivity index (χ4n) is 4.34. The summed E-state index contributed by atoms with van der Waals surface area (Å²) in [5.74, 6) is 0.923. The van der Waals surface area contributed by atoms with Crippen molar-refractivity contribution in [3.05, 3.63) is 41.3 Å². The molecular weight excluding hydrogens is 484 g/mol. The summed E-state index contributed by atoms with van der Waals surface area (Å²) in [7, 11) is 0. The van der Waals surface area contributed by atoms with Gasteiger partial charge in [0, 0.05) is 34.9 Å². The van der Waals surface area contributed by atoms with E-state index in [9.17, 15) is 9.59 Å². The van der Waals surface area contributed by atoms with Gasteiger partial charge in [0.05, 0.1) is 11.4 Å². The minimum Gasteiger partial charge on any atom is -0.449 e. The van der Waals surface area contributed by atoms with E-state index < -0.39 is 6.09 Å². The fraction of sp³-hybridized carbons (Fsp3) is 0.538. The molecule has 7 nitrogen and oxygen atoms in total. The predicted molar refractivity (Wildman–Crippen MR) is 140 cm³/mol. The van der Waals surface area contributed by atoms with Crippen LogP contribution in [0.1, 0.15) is 63.2 Å². The molecule has 35 heavy (non-hydrogen) atoms. The highest BCUT2D eigenvalue weighted by atomic mass is 32.2. The van der Waals surface area contributed by atoms with Gasteiger partial charge >= 0.3 is 6.09 Å². The molecule has 0 spiro atoms. The maximum Gasteiger partial charge on any atom is 0.411 e. The zero-order chi connectivity index (χ0) is 24.5. The molecule has 1 aromatic heterocycles. The van der Waals surface area contributed by atoms with Gasteiger partial charge in [0.25, 0.3) is 0 Å². The number of carbonyl (C=O) groups is 2. The third-order valence-corrected chi connectivity index (χ3v) is 9.21. The van der Waals surface area contributed by atoms with Crippen molar-refractivity contribution in [2.24, 2.45) is 0 Å². The number of nitrogens with one attached hydrogen (secondary N) is 2. The molecule has 0 saturated carbocycles. The molecule has 2 fully saturated rings. The predicted octanol–water partition coefficient (Wildman–Crippen LogP) is 6.45. The van der Waals surface area contributed by atoms with Crippen LogP contribution in [-0.4, -0.2) is 37.3 Å². The molecule has 1 unspecified atom stereocenters. The minimum atomic E-state index is -0.444. The number of carbonyl (C=O) groups excluding carboxylic acids is 2. The van der Waals surface area contributed by atoms with E-state index in [0.29, 0.717) is 25.3 Å². The second-order valence-corrected chi connectivity index (χ2v) is 11.5. The topological polar surface area (TPSA) is 85.9 Å². The molecule has 0 bridgehead atoms. The monoisotopic (exact) mass is 518 g/mol. The zero-order valence-corrected chi connectivity index (χ0v) is 21.8. The summed E-state index contributed by atoms with van der Waals surface area (Å²) in [5, 5.41) is 2.79. The van der Waals surface area contributed by atoms with Gasteiger partial charge in [-0.1, -0.05) is 25.5 Å². The summed E-state index contributed by atoms with van der Waals surface area (Å²) in [6, 6.07) is 12.0. The number of thioether (sulfide) groups is 1. The van der Waals surface area contributed by atoms with E-state index in [4.69, 9.17) is 14.3 Å². The number of thiophene rings is 1. The Kier molecular flexibility index (Phi) is 9.48. The highest BCUT2D eigenvalue weighted by molar-refractivity contribution is 8.00. The summed E-state index contributed by atoms with van der Waals surface area (Å²) in [6.07, 6.45) is 6.47. The van der Waals surface area contributed by atoms with Crippen LogP contribution in [0.5, 0.6) is 0 Å². The van der Waals surface area contributed by atoms with Gasteiger partial charge in [0.2, 0.25) is 5.91 Å². The van der Waals surface area contributed by atoms with Crippen LogP contribution in [0, 0.1) is 0 Å². The van der Waals surface area contributed by atoms with Gasteiger partial charge in [0.1, 0.15) is 0 Å². The van der Waals surface area contributed by atoms with Crippen LogP contribution in [0.25, 0.3) is 10.4 Å². The van der Waals surface area contributed by atoms with E-state index in [1.54, 1.807) is 11.3 Å². The number of hydroxylamine groups is 1. The van der Waals surface area contributed by atoms with Crippen LogP contribution in [0.3, 0.4) is 0 Å². The van der Waals surface area contributed by atoms with Crippen LogP contribution >= 0.6 is 23.1 Å². The lowest BCUT2D eigenvalue weighted by molar-refractivity contribution is -0.200. The Hall–Kier alpha value is -2.07. The Bertz CT molecular complexity index is 984. The van der Waals surface area contributed by atoms with E-state index >= 15 is 0 Å². The molecule has 2 saturated heterocycles.